The van der Waals surface area contributed by atoms with Crippen LogP contribution in [0.5, 0.6) is 11.5 Å². The number of methoxy groups -OCH3 is 2. The van der Waals surface area contributed by atoms with Crippen molar-refractivity contribution in [1.82, 2.24) is 14.5 Å². The second kappa shape index (κ2) is 8.72. The SMILES string of the molecule is CCN(Cc1ccc(OC)c(OC)c1)C(=O)Cn1cnc2cc(F)ccc2c1=O. The summed E-state index contributed by atoms with van der Waals surface area (Å²) in [5, 5.41) is 0.268. The summed E-state index contributed by atoms with van der Waals surface area (Å²) in [5.41, 5.74) is 0.749. The molecule has 1 heterocycles. The van der Waals surface area contributed by atoms with Crippen LogP contribution in [0.2, 0.25) is 0 Å². The van der Waals surface area contributed by atoms with Crippen LogP contribution in [0.3, 0.4) is 0 Å². The fourth-order valence-corrected chi connectivity index (χ4v) is 3.07. The molecule has 0 aliphatic rings. The van der Waals surface area contributed by atoms with Crippen LogP contribution in [0.4, 0.5) is 4.39 Å². The molecule has 0 aliphatic heterocycles. The fourth-order valence-electron chi connectivity index (χ4n) is 3.07. The molecule has 0 aliphatic carbocycles. The van der Waals surface area contributed by atoms with Gasteiger partial charge in [-0.3, -0.25) is 14.2 Å². The van der Waals surface area contributed by atoms with Gasteiger partial charge in [0.15, 0.2) is 11.5 Å². The van der Waals surface area contributed by atoms with Crippen molar-refractivity contribution in [3.05, 3.63) is 64.5 Å². The van der Waals surface area contributed by atoms with E-state index in [1.165, 1.54) is 29.1 Å². The van der Waals surface area contributed by atoms with Crippen LogP contribution < -0.4 is 15.0 Å². The van der Waals surface area contributed by atoms with Crippen LogP contribution in [0.15, 0.2) is 47.5 Å². The highest BCUT2D eigenvalue weighted by Crippen LogP contribution is 2.28. The summed E-state index contributed by atoms with van der Waals surface area (Å²) in [4.78, 5) is 31.1. The maximum atomic E-state index is 13.3. The Labute approximate surface area is 167 Å². The number of carbonyl (C=O) groups excluding carboxylic acids is 1. The molecule has 0 fully saturated rings. The maximum Gasteiger partial charge on any atom is 0.261 e. The normalized spacial score (nSPS) is 10.8. The summed E-state index contributed by atoms with van der Waals surface area (Å²) >= 11 is 0. The zero-order chi connectivity index (χ0) is 21.0. The van der Waals surface area contributed by atoms with Gasteiger partial charge in [-0.1, -0.05) is 6.07 Å². The first-order chi connectivity index (χ1) is 14.0. The van der Waals surface area contributed by atoms with Crippen LogP contribution in [0.1, 0.15) is 12.5 Å². The van der Waals surface area contributed by atoms with Gasteiger partial charge in [0, 0.05) is 19.2 Å². The number of hydrogen-bond acceptors (Lipinski definition) is 5. The number of amides is 1. The van der Waals surface area contributed by atoms with Crippen LogP contribution >= 0.6 is 0 Å². The molecular weight excluding hydrogens is 377 g/mol. The number of carbonyl (C=O) groups is 1. The van der Waals surface area contributed by atoms with Gasteiger partial charge in [0.05, 0.1) is 31.4 Å². The van der Waals surface area contributed by atoms with Crippen molar-refractivity contribution >= 4 is 16.8 Å². The molecule has 1 amide bonds. The van der Waals surface area contributed by atoms with Crippen molar-refractivity contribution in [1.29, 1.82) is 0 Å². The molecule has 3 aromatic rings. The van der Waals surface area contributed by atoms with Crippen molar-refractivity contribution in [3.63, 3.8) is 0 Å². The number of benzene rings is 2. The van der Waals surface area contributed by atoms with Crippen molar-refractivity contribution < 1.29 is 18.7 Å². The van der Waals surface area contributed by atoms with Gasteiger partial charge in [0.25, 0.3) is 5.56 Å². The molecule has 0 saturated heterocycles. The van der Waals surface area contributed by atoms with E-state index < -0.39 is 5.82 Å². The molecule has 152 valence electrons. The average Bonchev–Trinajstić information content (AvgIpc) is 2.73. The third kappa shape index (κ3) is 4.37. The van der Waals surface area contributed by atoms with E-state index in [0.29, 0.717) is 24.6 Å². The topological polar surface area (TPSA) is 73.7 Å². The minimum atomic E-state index is -0.467. The number of hydrogen-bond donors (Lipinski definition) is 0. The summed E-state index contributed by atoms with van der Waals surface area (Å²) in [6.45, 7) is 2.54. The van der Waals surface area contributed by atoms with Crippen LogP contribution in [0.25, 0.3) is 10.9 Å². The molecule has 0 saturated carbocycles. The second-order valence-corrected chi connectivity index (χ2v) is 6.44. The van der Waals surface area contributed by atoms with Crippen molar-refractivity contribution in [2.75, 3.05) is 20.8 Å². The molecule has 0 N–H and O–H groups in total. The van der Waals surface area contributed by atoms with Gasteiger partial charge in [0.1, 0.15) is 12.4 Å². The number of fused-ring (bicyclic) bond motifs is 1. The third-order valence-corrected chi connectivity index (χ3v) is 4.65. The number of ether oxygens (including phenoxy) is 2. The number of halogens is 1. The van der Waals surface area contributed by atoms with E-state index >= 15 is 0 Å². The molecule has 0 bridgehead atoms. The highest BCUT2D eigenvalue weighted by atomic mass is 19.1. The van der Waals surface area contributed by atoms with Gasteiger partial charge in [-0.15, -0.1) is 0 Å². The Morgan fingerprint density at radius 3 is 2.59 bits per heavy atom. The largest absolute Gasteiger partial charge is 0.493 e. The Morgan fingerprint density at radius 2 is 1.90 bits per heavy atom. The van der Waals surface area contributed by atoms with Gasteiger partial charge in [0.2, 0.25) is 5.91 Å². The molecule has 0 unspecified atom stereocenters. The maximum absolute atomic E-state index is 13.3. The first kappa shape index (κ1) is 20.3. The monoisotopic (exact) mass is 399 g/mol. The Kier molecular flexibility index (Phi) is 6.11. The summed E-state index contributed by atoms with van der Waals surface area (Å²) in [6, 6.07) is 9.22. The van der Waals surface area contributed by atoms with Gasteiger partial charge in [-0.05, 0) is 36.8 Å². The molecule has 7 nitrogen and oxygen atoms in total. The molecule has 0 radical (unpaired) electrons. The van der Waals surface area contributed by atoms with E-state index in [1.54, 1.807) is 25.2 Å². The standard InChI is InChI=1S/C21H22FN3O4/c1-4-24(11-14-5-8-18(28-2)19(9-14)29-3)20(26)12-25-13-23-17-10-15(22)6-7-16(17)21(25)27/h5-10,13H,4,11-12H2,1-3H3. The molecule has 1 aromatic heterocycles. The lowest BCUT2D eigenvalue weighted by atomic mass is 10.2. The van der Waals surface area contributed by atoms with Crippen molar-refractivity contribution in [3.8, 4) is 11.5 Å². The zero-order valence-electron chi connectivity index (χ0n) is 16.5. The quantitative estimate of drug-likeness (QED) is 0.611. The second-order valence-electron chi connectivity index (χ2n) is 6.44. The molecule has 8 heteroatoms. The first-order valence-electron chi connectivity index (χ1n) is 9.10. The van der Waals surface area contributed by atoms with Gasteiger partial charge >= 0.3 is 0 Å². The van der Waals surface area contributed by atoms with Crippen LogP contribution in [-0.2, 0) is 17.9 Å². The van der Waals surface area contributed by atoms with Crippen LogP contribution in [0, 0.1) is 5.82 Å². The van der Waals surface area contributed by atoms with E-state index in [1.807, 2.05) is 19.1 Å². The van der Waals surface area contributed by atoms with Crippen molar-refractivity contribution in [2.45, 2.75) is 20.0 Å². The molecule has 0 atom stereocenters. The third-order valence-electron chi connectivity index (χ3n) is 4.65. The zero-order valence-corrected chi connectivity index (χ0v) is 16.5. The van der Waals surface area contributed by atoms with Crippen LogP contribution in [-0.4, -0.2) is 41.1 Å². The average molecular weight is 399 g/mol. The minimum absolute atomic E-state index is 0.153. The molecule has 3 rings (SSSR count). The Hall–Kier alpha value is -3.42. The van der Waals surface area contributed by atoms with E-state index in [4.69, 9.17) is 9.47 Å². The predicted molar refractivity (Wildman–Crippen MR) is 107 cm³/mol. The summed E-state index contributed by atoms with van der Waals surface area (Å²) in [7, 11) is 3.11. The van der Waals surface area contributed by atoms with Gasteiger partial charge < -0.3 is 14.4 Å². The predicted octanol–water partition coefficient (Wildman–Crippen LogP) is 2.60. The van der Waals surface area contributed by atoms with E-state index in [9.17, 15) is 14.0 Å². The molecule has 0 spiro atoms. The lowest BCUT2D eigenvalue weighted by Gasteiger charge is -2.22. The first-order valence-corrected chi connectivity index (χ1v) is 9.10. The smallest absolute Gasteiger partial charge is 0.261 e. The van der Waals surface area contributed by atoms with E-state index in [0.717, 1.165) is 5.56 Å². The Balaban J connectivity index is 1.80. The molecule has 29 heavy (non-hydrogen) atoms. The number of aromatic nitrogens is 2. The van der Waals surface area contributed by atoms with Crippen molar-refractivity contribution in [2.24, 2.45) is 0 Å². The van der Waals surface area contributed by atoms with E-state index in [2.05, 4.69) is 4.98 Å². The number of rotatable bonds is 7. The van der Waals surface area contributed by atoms with Gasteiger partial charge in [-0.2, -0.15) is 0 Å². The molecular formula is C21H22FN3O4. The molecule has 2 aromatic carbocycles. The minimum Gasteiger partial charge on any atom is -0.493 e. The van der Waals surface area contributed by atoms with Gasteiger partial charge in [-0.25, -0.2) is 9.37 Å². The Morgan fingerprint density at radius 1 is 1.14 bits per heavy atom. The highest BCUT2D eigenvalue weighted by molar-refractivity contribution is 5.79. The van der Waals surface area contributed by atoms with E-state index in [-0.39, 0.29) is 28.9 Å². The lowest BCUT2D eigenvalue weighted by Crippen LogP contribution is -2.36. The number of nitrogens with zero attached hydrogens (tertiary/aromatic N) is 3. The summed E-state index contributed by atoms with van der Waals surface area (Å²) in [6.07, 6.45) is 1.27. The fraction of sp³-hybridized carbons (Fsp3) is 0.286. The summed E-state index contributed by atoms with van der Waals surface area (Å²) in [5.74, 6) is 0.490. The highest BCUT2D eigenvalue weighted by Gasteiger charge is 2.16. The lowest BCUT2D eigenvalue weighted by molar-refractivity contribution is -0.132. The number of likely N-dealkylation sites (N-methyl/N-ethyl adjacent to an activating group) is 1. The summed E-state index contributed by atoms with van der Waals surface area (Å²) < 4.78 is 25.1. The Bertz CT molecular complexity index is 1100.